The molecule has 2 aromatic carbocycles. The quantitative estimate of drug-likeness (QED) is 0.371. The van der Waals surface area contributed by atoms with Crippen LogP contribution in [0.3, 0.4) is 0 Å². The lowest BCUT2D eigenvalue weighted by molar-refractivity contribution is 0.527. The Labute approximate surface area is 176 Å². The average molecular weight is 460 g/mol. The molecule has 0 unspecified atom stereocenters. The van der Waals surface area contributed by atoms with Gasteiger partial charge in [-0.25, -0.2) is 4.74 Å². The summed E-state index contributed by atoms with van der Waals surface area (Å²) in [6.45, 7) is 12.7. The number of nitrogens with zero attached hydrogens (tertiary/aromatic N) is 1. The Kier molecular flexibility index (Phi) is 5.93. The molecule has 0 amide bonds. The summed E-state index contributed by atoms with van der Waals surface area (Å²) in [6, 6.07) is 18.2. The summed E-state index contributed by atoms with van der Waals surface area (Å²) >= 11 is 3.55. The van der Waals surface area contributed by atoms with Crippen molar-refractivity contribution in [1.29, 1.82) is 0 Å². The Hall–Kier alpha value is -1.77. The van der Waals surface area contributed by atoms with Crippen molar-refractivity contribution in [1.82, 2.24) is 0 Å². The lowest BCUT2D eigenvalue weighted by atomic mass is 10.1. The highest BCUT2D eigenvalue weighted by molar-refractivity contribution is 9.10. The SMILES string of the molecule is Cc1ccc(N=[P@@](Oc2cccc(Br)c2)(c2ccc(C)o2)C(C)(C)C)c(C)c1. The molecular weight excluding hydrogens is 433 g/mol. The van der Waals surface area contributed by atoms with Gasteiger partial charge >= 0.3 is 0 Å². The van der Waals surface area contributed by atoms with Crippen LogP contribution in [0.15, 0.2) is 68.2 Å². The van der Waals surface area contributed by atoms with Gasteiger partial charge in [0, 0.05) is 9.63 Å². The first-order valence-electron chi connectivity index (χ1n) is 9.32. The Morgan fingerprint density at radius 3 is 2.29 bits per heavy atom. The van der Waals surface area contributed by atoms with E-state index in [4.69, 9.17) is 13.7 Å². The van der Waals surface area contributed by atoms with Gasteiger partial charge in [-0.15, -0.1) is 0 Å². The van der Waals surface area contributed by atoms with Crippen LogP contribution in [-0.4, -0.2) is 5.16 Å². The number of halogens is 1. The minimum absolute atomic E-state index is 0.267. The minimum Gasteiger partial charge on any atom is -0.457 e. The van der Waals surface area contributed by atoms with Crippen LogP contribution in [0.2, 0.25) is 0 Å². The molecule has 148 valence electrons. The molecule has 28 heavy (non-hydrogen) atoms. The highest BCUT2D eigenvalue weighted by atomic mass is 79.9. The number of hydrogen-bond acceptors (Lipinski definition) is 3. The number of rotatable bonds is 4. The molecule has 0 aliphatic heterocycles. The Morgan fingerprint density at radius 2 is 1.71 bits per heavy atom. The van der Waals surface area contributed by atoms with Gasteiger partial charge in [0.25, 0.3) is 0 Å². The van der Waals surface area contributed by atoms with Crippen molar-refractivity contribution in [2.75, 3.05) is 0 Å². The Balaban J connectivity index is 2.31. The summed E-state index contributed by atoms with van der Waals surface area (Å²) in [5.41, 5.74) is 4.10. The molecule has 0 saturated heterocycles. The molecule has 0 aliphatic rings. The van der Waals surface area contributed by atoms with E-state index in [-0.39, 0.29) is 5.16 Å². The van der Waals surface area contributed by atoms with E-state index < -0.39 is 7.28 Å². The third kappa shape index (κ3) is 4.29. The van der Waals surface area contributed by atoms with Crippen LogP contribution < -0.4 is 10.0 Å². The van der Waals surface area contributed by atoms with Crippen molar-refractivity contribution in [3.8, 4) is 5.75 Å². The lowest BCUT2D eigenvalue weighted by Crippen LogP contribution is -2.26. The molecule has 0 spiro atoms. The number of furan rings is 1. The van der Waals surface area contributed by atoms with E-state index in [9.17, 15) is 0 Å². The van der Waals surface area contributed by atoms with E-state index in [2.05, 4.69) is 68.7 Å². The summed E-state index contributed by atoms with van der Waals surface area (Å²) < 4.78 is 19.2. The largest absolute Gasteiger partial charge is 0.457 e. The molecule has 1 aromatic heterocycles. The van der Waals surface area contributed by atoms with Gasteiger partial charge in [-0.1, -0.05) is 60.5 Å². The maximum absolute atomic E-state index is 6.76. The Bertz CT molecular complexity index is 1050. The first-order chi connectivity index (χ1) is 13.1. The van der Waals surface area contributed by atoms with Gasteiger partial charge in [0.2, 0.25) is 7.28 Å². The molecule has 5 heteroatoms. The molecule has 0 saturated carbocycles. The summed E-state index contributed by atoms with van der Waals surface area (Å²) in [5.74, 6) is 1.64. The van der Waals surface area contributed by atoms with Crippen LogP contribution in [0.5, 0.6) is 5.75 Å². The molecule has 0 bridgehead atoms. The maximum Gasteiger partial charge on any atom is 0.207 e. The van der Waals surface area contributed by atoms with Crippen LogP contribution in [-0.2, 0) is 0 Å². The van der Waals surface area contributed by atoms with Crippen LogP contribution in [0.25, 0.3) is 0 Å². The lowest BCUT2D eigenvalue weighted by Gasteiger charge is -2.35. The van der Waals surface area contributed by atoms with Gasteiger partial charge in [-0.2, -0.15) is 0 Å². The maximum atomic E-state index is 6.76. The van der Waals surface area contributed by atoms with E-state index >= 15 is 0 Å². The number of benzene rings is 2. The van der Waals surface area contributed by atoms with Gasteiger partial charge in [-0.3, -0.25) is 0 Å². The van der Waals surface area contributed by atoms with Crippen LogP contribution >= 0.6 is 23.2 Å². The standard InChI is InChI=1S/C23H27BrNO2P/c1-16-10-12-21(17(2)14-16)25-28(23(4,5)6,22-13-11-18(3)26-22)27-20-9-7-8-19(24)15-20/h7-15H,1-6H3/t28-/m1/s1. The van der Waals surface area contributed by atoms with Crippen molar-refractivity contribution in [3.63, 3.8) is 0 Å². The zero-order valence-electron chi connectivity index (χ0n) is 17.3. The number of aryl methyl sites for hydroxylation is 3. The van der Waals surface area contributed by atoms with Crippen molar-refractivity contribution in [2.45, 2.75) is 46.7 Å². The molecule has 0 fully saturated rings. The fourth-order valence-electron chi connectivity index (χ4n) is 3.06. The van der Waals surface area contributed by atoms with Gasteiger partial charge in [0.15, 0.2) is 5.50 Å². The van der Waals surface area contributed by atoms with Crippen molar-refractivity contribution in [3.05, 3.63) is 76.0 Å². The molecule has 3 rings (SSSR count). The highest BCUT2D eigenvalue weighted by Gasteiger charge is 2.41. The van der Waals surface area contributed by atoms with Gasteiger partial charge in [0.05, 0.1) is 5.69 Å². The smallest absolute Gasteiger partial charge is 0.207 e. The van der Waals surface area contributed by atoms with E-state index in [0.717, 1.165) is 32.7 Å². The molecule has 0 N–H and O–H groups in total. The second-order valence-corrected chi connectivity index (χ2v) is 12.3. The molecule has 1 heterocycles. The first-order valence-corrected chi connectivity index (χ1v) is 11.8. The topological polar surface area (TPSA) is 34.7 Å². The highest BCUT2D eigenvalue weighted by Crippen LogP contribution is 2.62. The van der Waals surface area contributed by atoms with Crippen LogP contribution in [0, 0.1) is 20.8 Å². The van der Waals surface area contributed by atoms with Gasteiger partial charge < -0.3 is 8.94 Å². The molecule has 0 radical (unpaired) electrons. The van der Waals surface area contributed by atoms with E-state index in [1.807, 2.05) is 43.3 Å². The van der Waals surface area contributed by atoms with Crippen LogP contribution in [0.4, 0.5) is 5.69 Å². The number of hydrogen-bond donors (Lipinski definition) is 0. The summed E-state index contributed by atoms with van der Waals surface area (Å²) in [5, 5.41) is -0.267. The normalized spacial score (nSPS) is 13.8. The zero-order chi connectivity index (χ0) is 20.5. The molecular formula is C23H27BrNO2P. The predicted octanol–water partition coefficient (Wildman–Crippen LogP) is 7.92. The first kappa shape index (κ1) is 21.0. The van der Waals surface area contributed by atoms with E-state index in [0.29, 0.717) is 0 Å². The van der Waals surface area contributed by atoms with Crippen molar-refractivity contribution in [2.24, 2.45) is 4.74 Å². The van der Waals surface area contributed by atoms with Crippen LogP contribution in [0.1, 0.15) is 37.7 Å². The van der Waals surface area contributed by atoms with E-state index in [1.54, 1.807) is 0 Å². The third-order valence-corrected chi connectivity index (χ3v) is 8.69. The van der Waals surface area contributed by atoms with Crippen molar-refractivity contribution >= 4 is 34.4 Å². The summed E-state index contributed by atoms with van der Waals surface area (Å²) in [7, 11) is -2.58. The monoisotopic (exact) mass is 459 g/mol. The fourth-order valence-corrected chi connectivity index (χ4v) is 6.40. The third-order valence-electron chi connectivity index (χ3n) is 4.57. The second kappa shape index (κ2) is 7.93. The minimum atomic E-state index is -2.58. The fraction of sp³-hybridized carbons (Fsp3) is 0.304. The zero-order valence-corrected chi connectivity index (χ0v) is 19.8. The average Bonchev–Trinajstić information content (AvgIpc) is 3.02. The summed E-state index contributed by atoms with van der Waals surface area (Å²) in [6.07, 6.45) is 0. The molecule has 0 aliphatic carbocycles. The molecule has 3 nitrogen and oxygen atoms in total. The molecule has 1 atom stereocenters. The van der Waals surface area contributed by atoms with Gasteiger partial charge in [-0.05, 0) is 62.7 Å². The Morgan fingerprint density at radius 1 is 0.964 bits per heavy atom. The van der Waals surface area contributed by atoms with E-state index in [1.165, 1.54) is 5.56 Å². The van der Waals surface area contributed by atoms with Gasteiger partial charge in [0.1, 0.15) is 11.5 Å². The molecule has 3 aromatic rings. The summed E-state index contributed by atoms with van der Waals surface area (Å²) in [4.78, 5) is 0. The predicted molar refractivity (Wildman–Crippen MR) is 123 cm³/mol. The second-order valence-electron chi connectivity index (χ2n) is 8.07. The van der Waals surface area contributed by atoms with Crippen molar-refractivity contribution < 1.29 is 8.94 Å².